The van der Waals surface area contributed by atoms with E-state index in [-0.39, 0.29) is 11.9 Å². The number of aryl methyl sites for hydroxylation is 1. The summed E-state index contributed by atoms with van der Waals surface area (Å²) in [5.41, 5.74) is 3.06. The Morgan fingerprint density at radius 1 is 1.24 bits per heavy atom. The zero-order valence-corrected chi connectivity index (χ0v) is 14.9. The van der Waals surface area contributed by atoms with Gasteiger partial charge in [-0.3, -0.25) is 9.69 Å². The molecule has 0 aliphatic carbocycles. The standard InChI is InChI=1S/C19H25N3O3/c1-3-14-6-5-7-15-16(12-20-18(14)15)17(23)13-21-8-10-22(11-9-21)19(24)25-4-2/h5-7,12,20H,3-4,8-11,13H2,1-2H3/p+1. The number of rotatable bonds is 5. The summed E-state index contributed by atoms with van der Waals surface area (Å²) in [7, 11) is 0. The van der Waals surface area contributed by atoms with Crippen molar-refractivity contribution in [1.29, 1.82) is 0 Å². The van der Waals surface area contributed by atoms with Crippen LogP contribution < -0.4 is 4.90 Å². The lowest BCUT2D eigenvalue weighted by atomic mass is 10.0. The number of hydrogen-bond donors (Lipinski definition) is 2. The van der Waals surface area contributed by atoms with Gasteiger partial charge in [-0.1, -0.05) is 25.1 Å². The fourth-order valence-electron chi connectivity index (χ4n) is 3.46. The van der Waals surface area contributed by atoms with Crippen LogP contribution in [0.3, 0.4) is 0 Å². The Labute approximate surface area is 147 Å². The first-order chi connectivity index (χ1) is 12.1. The van der Waals surface area contributed by atoms with Crippen molar-refractivity contribution in [3.63, 3.8) is 0 Å². The molecule has 0 spiro atoms. The predicted octanol–water partition coefficient (Wildman–Crippen LogP) is 1.27. The Kier molecular flexibility index (Phi) is 5.38. The number of para-hydroxylation sites is 1. The maximum Gasteiger partial charge on any atom is 0.410 e. The number of piperazine rings is 1. The van der Waals surface area contributed by atoms with E-state index in [4.69, 9.17) is 4.74 Å². The summed E-state index contributed by atoms with van der Waals surface area (Å²) in [6, 6.07) is 6.11. The molecule has 2 aromatic rings. The lowest BCUT2D eigenvalue weighted by Crippen LogP contribution is -3.15. The number of aromatic amines is 1. The molecule has 25 heavy (non-hydrogen) atoms. The number of ketones is 1. The van der Waals surface area contributed by atoms with Gasteiger partial charge in [-0.25, -0.2) is 4.79 Å². The first kappa shape index (κ1) is 17.5. The number of hydrogen-bond acceptors (Lipinski definition) is 3. The van der Waals surface area contributed by atoms with Crippen LogP contribution in [0.5, 0.6) is 0 Å². The number of aromatic nitrogens is 1. The van der Waals surface area contributed by atoms with E-state index in [0.717, 1.165) is 36.0 Å². The Morgan fingerprint density at radius 2 is 2.00 bits per heavy atom. The molecule has 0 bridgehead atoms. The molecule has 1 aliphatic heterocycles. The van der Waals surface area contributed by atoms with Crippen molar-refractivity contribution < 1.29 is 19.2 Å². The van der Waals surface area contributed by atoms with E-state index in [9.17, 15) is 9.59 Å². The summed E-state index contributed by atoms with van der Waals surface area (Å²) < 4.78 is 5.03. The highest BCUT2D eigenvalue weighted by Gasteiger charge is 2.27. The fraction of sp³-hybridized carbons (Fsp3) is 0.474. The van der Waals surface area contributed by atoms with Crippen LogP contribution in [-0.4, -0.2) is 61.1 Å². The molecular weight excluding hydrogens is 318 g/mol. The molecule has 6 heteroatoms. The van der Waals surface area contributed by atoms with Crippen LogP contribution in [0.25, 0.3) is 10.9 Å². The maximum absolute atomic E-state index is 12.8. The molecule has 2 N–H and O–H groups in total. The van der Waals surface area contributed by atoms with Gasteiger partial charge in [-0.05, 0) is 18.9 Å². The molecule has 1 aliphatic rings. The van der Waals surface area contributed by atoms with Crippen molar-refractivity contribution in [2.24, 2.45) is 0 Å². The van der Waals surface area contributed by atoms with Gasteiger partial charge in [0, 0.05) is 22.7 Å². The minimum absolute atomic E-state index is 0.152. The average molecular weight is 344 g/mol. The average Bonchev–Trinajstić information content (AvgIpc) is 3.06. The number of benzene rings is 1. The predicted molar refractivity (Wildman–Crippen MR) is 96.2 cm³/mol. The molecule has 2 heterocycles. The second-order valence-corrected chi connectivity index (χ2v) is 6.43. The van der Waals surface area contributed by atoms with Crippen molar-refractivity contribution >= 4 is 22.8 Å². The first-order valence-corrected chi connectivity index (χ1v) is 9.01. The molecule has 134 valence electrons. The van der Waals surface area contributed by atoms with Crippen molar-refractivity contribution in [1.82, 2.24) is 9.88 Å². The normalized spacial score (nSPS) is 15.5. The lowest BCUT2D eigenvalue weighted by molar-refractivity contribution is -0.895. The van der Waals surface area contributed by atoms with E-state index in [1.165, 1.54) is 10.5 Å². The zero-order chi connectivity index (χ0) is 17.8. The van der Waals surface area contributed by atoms with Gasteiger partial charge in [-0.15, -0.1) is 0 Å². The molecule has 0 atom stereocenters. The molecule has 6 nitrogen and oxygen atoms in total. The van der Waals surface area contributed by atoms with Crippen molar-refractivity contribution in [2.75, 3.05) is 39.3 Å². The molecule has 1 aromatic heterocycles. The summed E-state index contributed by atoms with van der Waals surface area (Å²) >= 11 is 0. The van der Waals surface area contributed by atoms with E-state index in [0.29, 0.717) is 26.2 Å². The summed E-state index contributed by atoms with van der Waals surface area (Å²) in [6.07, 6.45) is 2.52. The minimum Gasteiger partial charge on any atom is -0.450 e. The smallest absolute Gasteiger partial charge is 0.410 e. The second kappa shape index (κ2) is 7.70. The van der Waals surface area contributed by atoms with Gasteiger partial charge in [0.15, 0.2) is 0 Å². The van der Waals surface area contributed by atoms with Crippen LogP contribution in [-0.2, 0) is 11.2 Å². The summed E-state index contributed by atoms with van der Waals surface area (Å²) in [5.74, 6) is 0.152. The third-order valence-corrected chi connectivity index (χ3v) is 4.89. The van der Waals surface area contributed by atoms with Gasteiger partial charge in [0.1, 0.15) is 6.54 Å². The summed E-state index contributed by atoms with van der Waals surface area (Å²) in [6.45, 7) is 7.59. The van der Waals surface area contributed by atoms with Gasteiger partial charge in [0.05, 0.1) is 32.8 Å². The number of amides is 1. The monoisotopic (exact) mass is 344 g/mol. The number of ether oxygens (including phenoxy) is 1. The van der Waals surface area contributed by atoms with Gasteiger partial charge in [0.25, 0.3) is 0 Å². The molecule has 0 unspecified atom stereocenters. The summed E-state index contributed by atoms with van der Waals surface area (Å²) in [4.78, 5) is 30.7. The molecule has 1 fully saturated rings. The van der Waals surface area contributed by atoms with Gasteiger partial charge in [0.2, 0.25) is 5.78 Å². The molecule has 0 saturated carbocycles. The number of H-pyrrole nitrogens is 1. The van der Waals surface area contributed by atoms with E-state index in [1.54, 1.807) is 4.90 Å². The van der Waals surface area contributed by atoms with Gasteiger partial charge >= 0.3 is 6.09 Å². The lowest BCUT2D eigenvalue weighted by Gasteiger charge is -2.31. The van der Waals surface area contributed by atoms with Crippen molar-refractivity contribution in [3.8, 4) is 0 Å². The molecule has 1 saturated heterocycles. The van der Waals surface area contributed by atoms with Crippen molar-refractivity contribution in [3.05, 3.63) is 35.5 Å². The molecule has 0 radical (unpaired) electrons. The number of nitrogens with one attached hydrogen (secondary N) is 2. The number of Topliss-reactive ketones (excluding diaryl/α,β-unsaturated/α-hetero) is 1. The van der Waals surface area contributed by atoms with Gasteiger partial charge in [-0.2, -0.15) is 0 Å². The van der Waals surface area contributed by atoms with Crippen LogP contribution >= 0.6 is 0 Å². The number of carbonyl (C=O) groups excluding carboxylic acids is 2. The summed E-state index contributed by atoms with van der Waals surface area (Å²) in [5, 5.41) is 1.01. The number of fused-ring (bicyclic) bond motifs is 1. The number of quaternary nitrogens is 1. The molecule has 1 aromatic carbocycles. The number of nitrogens with zero attached hydrogens (tertiary/aromatic N) is 1. The minimum atomic E-state index is -0.253. The van der Waals surface area contributed by atoms with E-state index in [1.807, 2.05) is 25.3 Å². The molecule has 1 amide bonds. The van der Waals surface area contributed by atoms with Crippen LogP contribution in [0.1, 0.15) is 29.8 Å². The van der Waals surface area contributed by atoms with Crippen LogP contribution in [0, 0.1) is 0 Å². The quantitative estimate of drug-likeness (QED) is 0.803. The third-order valence-electron chi connectivity index (χ3n) is 4.89. The Bertz CT molecular complexity index is 760. The Balaban J connectivity index is 1.63. The topological polar surface area (TPSA) is 66.8 Å². The zero-order valence-electron chi connectivity index (χ0n) is 14.9. The Morgan fingerprint density at radius 3 is 2.68 bits per heavy atom. The van der Waals surface area contributed by atoms with Gasteiger partial charge < -0.3 is 14.6 Å². The van der Waals surface area contributed by atoms with E-state index in [2.05, 4.69) is 18.0 Å². The van der Waals surface area contributed by atoms with E-state index >= 15 is 0 Å². The third kappa shape index (κ3) is 3.69. The fourth-order valence-corrected chi connectivity index (χ4v) is 3.46. The Hall–Kier alpha value is -2.34. The first-order valence-electron chi connectivity index (χ1n) is 9.01. The molecular formula is C19H26N3O3+. The highest BCUT2D eigenvalue weighted by atomic mass is 16.6. The highest BCUT2D eigenvalue weighted by Crippen LogP contribution is 2.22. The highest BCUT2D eigenvalue weighted by molar-refractivity contribution is 6.08. The van der Waals surface area contributed by atoms with Crippen molar-refractivity contribution in [2.45, 2.75) is 20.3 Å². The number of carbonyl (C=O) groups is 2. The SMILES string of the molecule is CCOC(=O)N1CC[NH+](CC(=O)c2c[nH]c3c(CC)cccc23)CC1. The second-order valence-electron chi connectivity index (χ2n) is 6.43. The van der Waals surface area contributed by atoms with Crippen LogP contribution in [0.2, 0.25) is 0 Å². The largest absolute Gasteiger partial charge is 0.450 e. The van der Waals surface area contributed by atoms with Crippen LogP contribution in [0.15, 0.2) is 24.4 Å². The molecule has 3 rings (SSSR count). The van der Waals surface area contributed by atoms with Crippen LogP contribution in [0.4, 0.5) is 4.79 Å². The van der Waals surface area contributed by atoms with E-state index < -0.39 is 0 Å². The maximum atomic E-state index is 12.8.